The van der Waals surface area contributed by atoms with Crippen molar-refractivity contribution in [3.8, 4) is 0 Å². The van der Waals surface area contributed by atoms with E-state index < -0.39 is 0 Å². The minimum atomic E-state index is 1.05. The van der Waals surface area contributed by atoms with Crippen LogP contribution < -0.4 is 0 Å². The van der Waals surface area contributed by atoms with Gasteiger partial charge in [0.25, 0.3) is 0 Å². The second-order valence-electron chi connectivity index (χ2n) is 2.59. The van der Waals surface area contributed by atoms with E-state index in [0.717, 1.165) is 15.5 Å². The zero-order chi connectivity index (χ0) is 8.72. The van der Waals surface area contributed by atoms with E-state index in [2.05, 4.69) is 55.4 Å². The zero-order valence-electron chi connectivity index (χ0n) is 6.36. The molecular weight excluding hydrogens is 331 g/mol. The van der Waals surface area contributed by atoms with Crippen LogP contribution in [0.25, 0.3) is 11.0 Å². The summed E-state index contributed by atoms with van der Waals surface area (Å²) in [6.07, 6.45) is 3.81. The molecule has 0 saturated heterocycles. The molecule has 0 aliphatic rings. The number of hydrogen-bond acceptors (Lipinski definition) is 1. The second kappa shape index (κ2) is 2.99. The van der Waals surface area contributed by atoms with Crippen LogP contribution in [0, 0.1) is 10.5 Å². The predicted octanol–water partition coefficient (Wildman–Crippen LogP) is 3.24. The molecule has 0 saturated carbocycles. The molecule has 62 valence electrons. The maximum atomic E-state index is 4.32. The second-order valence-corrected chi connectivity index (χ2v) is 4.61. The fraction of sp³-hybridized carbons (Fsp3) is 0.125. The SMILES string of the molecule is Cc1c(Br)cnc2c(I)c[nH]c12. The topological polar surface area (TPSA) is 28.7 Å². The first kappa shape index (κ1) is 8.50. The Kier molecular flexibility index (Phi) is 2.12. The summed E-state index contributed by atoms with van der Waals surface area (Å²) in [6.45, 7) is 2.07. The average molecular weight is 337 g/mol. The van der Waals surface area contributed by atoms with Crippen LogP contribution in [0.15, 0.2) is 16.9 Å². The largest absolute Gasteiger partial charge is 0.359 e. The standard InChI is InChI=1S/C8H6BrIN2/c1-4-5(9)2-11-8-6(10)3-12-7(4)8/h2-3,12H,1H3. The molecule has 0 fully saturated rings. The third-order valence-electron chi connectivity index (χ3n) is 1.85. The first-order chi connectivity index (χ1) is 5.70. The highest BCUT2D eigenvalue weighted by molar-refractivity contribution is 14.1. The van der Waals surface area contributed by atoms with Crippen LogP contribution in [0.2, 0.25) is 0 Å². The van der Waals surface area contributed by atoms with Crippen LogP contribution in [-0.2, 0) is 0 Å². The Hall–Kier alpha value is -0.100. The first-order valence-electron chi connectivity index (χ1n) is 3.48. The summed E-state index contributed by atoms with van der Waals surface area (Å²) >= 11 is 5.71. The molecule has 2 rings (SSSR count). The lowest BCUT2D eigenvalue weighted by atomic mass is 10.2. The van der Waals surface area contributed by atoms with Crippen LogP contribution >= 0.6 is 38.5 Å². The van der Waals surface area contributed by atoms with Gasteiger partial charge in [-0.3, -0.25) is 4.98 Å². The number of aromatic amines is 1. The van der Waals surface area contributed by atoms with Gasteiger partial charge >= 0.3 is 0 Å². The lowest BCUT2D eigenvalue weighted by Gasteiger charge is -1.97. The highest BCUT2D eigenvalue weighted by Gasteiger charge is 2.06. The Morgan fingerprint density at radius 1 is 1.58 bits per heavy atom. The van der Waals surface area contributed by atoms with Crippen molar-refractivity contribution in [1.82, 2.24) is 9.97 Å². The van der Waals surface area contributed by atoms with Crippen LogP contribution in [0.1, 0.15) is 5.56 Å². The van der Waals surface area contributed by atoms with Gasteiger partial charge in [-0.2, -0.15) is 0 Å². The lowest BCUT2D eigenvalue weighted by molar-refractivity contribution is 1.32. The molecule has 0 amide bonds. The Morgan fingerprint density at radius 2 is 2.33 bits per heavy atom. The predicted molar refractivity (Wildman–Crippen MR) is 61.2 cm³/mol. The number of nitrogens with one attached hydrogen (secondary N) is 1. The molecule has 0 atom stereocenters. The highest BCUT2D eigenvalue weighted by atomic mass is 127. The summed E-state index contributed by atoms with van der Waals surface area (Å²) < 4.78 is 2.21. The minimum Gasteiger partial charge on any atom is -0.359 e. The number of pyridine rings is 1. The number of halogens is 2. The van der Waals surface area contributed by atoms with Gasteiger partial charge < -0.3 is 4.98 Å². The number of rotatable bonds is 0. The van der Waals surface area contributed by atoms with E-state index in [4.69, 9.17) is 0 Å². The average Bonchev–Trinajstić information content (AvgIpc) is 2.41. The quantitative estimate of drug-likeness (QED) is 0.735. The Labute approximate surface area is 92.0 Å². The molecular formula is C8H6BrIN2. The fourth-order valence-corrected chi connectivity index (χ4v) is 2.01. The molecule has 0 aliphatic carbocycles. The molecule has 0 aromatic carbocycles. The Bertz CT molecular complexity index is 436. The van der Waals surface area contributed by atoms with E-state index in [1.165, 1.54) is 9.13 Å². The van der Waals surface area contributed by atoms with E-state index in [1.54, 1.807) is 0 Å². The van der Waals surface area contributed by atoms with Gasteiger partial charge in [-0.1, -0.05) is 0 Å². The monoisotopic (exact) mass is 336 g/mol. The van der Waals surface area contributed by atoms with Crippen LogP contribution in [-0.4, -0.2) is 9.97 Å². The van der Waals surface area contributed by atoms with Crippen molar-refractivity contribution < 1.29 is 0 Å². The van der Waals surface area contributed by atoms with Crippen molar-refractivity contribution in [1.29, 1.82) is 0 Å². The Balaban J connectivity index is 2.93. The Morgan fingerprint density at radius 3 is 3.08 bits per heavy atom. The number of nitrogens with zero attached hydrogens (tertiary/aromatic N) is 1. The van der Waals surface area contributed by atoms with Crippen LogP contribution in [0.5, 0.6) is 0 Å². The van der Waals surface area contributed by atoms with Crippen molar-refractivity contribution in [2.45, 2.75) is 6.92 Å². The van der Waals surface area contributed by atoms with Gasteiger partial charge in [0.2, 0.25) is 0 Å². The molecule has 4 heteroatoms. The number of hydrogen-bond donors (Lipinski definition) is 1. The summed E-state index contributed by atoms with van der Waals surface area (Å²) in [4.78, 5) is 7.51. The molecule has 2 nitrogen and oxygen atoms in total. The molecule has 2 aromatic heterocycles. The van der Waals surface area contributed by atoms with E-state index in [9.17, 15) is 0 Å². The van der Waals surface area contributed by atoms with Gasteiger partial charge in [0.15, 0.2) is 0 Å². The number of fused-ring (bicyclic) bond motifs is 1. The van der Waals surface area contributed by atoms with Crippen LogP contribution in [0.3, 0.4) is 0 Å². The maximum Gasteiger partial charge on any atom is 0.102 e. The molecule has 0 unspecified atom stereocenters. The van der Waals surface area contributed by atoms with Crippen molar-refractivity contribution in [2.24, 2.45) is 0 Å². The minimum absolute atomic E-state index is 1.05. The van der Waals surface area contributed by atoms with Crippen LogP contribution in [0.4, 0.5) is 0 Å². The lowest BCUT2D eigenvalue weighted by Crippen LogP contribution is -1.82. The fourth-order valence-electron chi connectivity index (χ4n) is 1.14. The normalized spacial score (nSPS) is 10.9. The smallest absolute Gasteiger partial charge is 0.102 e. The van der Waals surface area contributed by atoms with Crippen molar-refractivity contribution in [3.63, 3.8) is 0 Å². The summed E-state index contributed by atoms with van der Waals surface area (Å²) in [7, 11) is 0. The van der Waals surface area contributed by atoms with E-state index in [0.29, 0.717) is 0 Å². The maximum absolute atomic E-state index is 4.32. The van der Waals surface area contributed by atoms with Crippen molar-refractivity contribution in [3.05, 3.63) is 26.0 Å². The van der Waals surface area contributed by atoms with Gasteiger partial charge in [0.05, 0.1) is 9.09 Å². The summed E-state index contributed by atoms with van der Waals surface area (Å²) in [6, 6.07) is 0. The number of H-pyrrole nitrogens is 1. The van der Waals surface area contributed by atoms with Gasteiger partial charge in [0, 0.05) is 16.9 Å². The molecule has 12 heavy (non-hydrogen) atoms. The molecule has 2 heterocycles. The van der Waals surface area contributed by atoms with Crippen molar-refractivity contribution >= 4 is 49.6 Å². The highest BCUT2D eigenvalue weighted by Crippen LogP contribution is 2.25. The van der Waals surface area contributed by atoms with E-state index >= 15 is 0 Å². The molecule has 0 bridgehead atoms. The molecule has 0 radical (unpaired) electrons. The summed E-state index contributed by atoms with van der Waals surface area (Å²) in [5.41, 5.74) is 3.38. The van der Waals surface area contributed by atoms with Gasteiger partial charge in [-0.25, -0.2) is 0 Å². The van der Waals surface area contributed by atoms with E-state index in [-0.39, 0.29) is 0 Å². The number of aromatic nitrogens is 2. The van der Waals surface area contributed by atoms with Crippen molar-refractivity contribution in [2.75, 3.05) is 0 Å². The third-order valence-corrected chi connectivity index (χ3v) is 3.47. The first-order valence-corrected chi connectivity index (χ1v) is 5.35. The zero-order valence-corrected chi connectivity index (χ0v) is 10.1. The molecule has 0 aliphatic heterocycles. The van der Waals surface area contributed by atoms with E-state index in [1.807, 2.05) is 12.4 Å². The van der Waals surface area contributed by atoms with Gasteiger partial charge in [-0.15, -0.1) is 0 Å². The third kappa shape index (κ3) is 1.17. The number of aryl methyl sites for hydroxylation is 1. The van der Waals surface area contributed by atoms with Gasteiger partial charge in [0.1, 0.15) is 5.52 Å². The summed E-state index contributed by atoms with van der Waals surface area (Å²) in [5, 5.41) is 0. The van der Waals surface area contributed by atoms with Gasteiger partial charge in [-0.05, 0) is 51.0 Å². The molecule has 2 aromatic rings. The summed E-state index contributed by atoms with van der Waals surface area (Å²) in [5.74, 6) is 0. The molecule has 0 spiro atoms. The molecule has 1 N–H and O–H groups in total.